The predicted octanol–water partition coefficient (Wildman–Crippen LogP) is 3.75. The molecule has 0 radical (unpaired) electrons. The van der Waals surface area contributed by atoms with Crippen LogP contribution in [0.2, 0.25) is 0 Å². The Hall–Kier alpha value is -3.77. The number of carbonyl (C=O) groups excluding carboxylic acids is 1. The molecule has 0 aliphatic carbocycles. The number of aliphatic carboxylic acids is 1. The number of carboxylic acid groups (broad SMARTS) is 1. The van der Waals surface area contributed by atoms with Crippen molar-refractivity contribution in [1.29, 1.82) is 0 Å². The molecule has 5 N–H and O–H groups in total. The number of imidazole rings is 1. The van der Waals surface area contributed by atoms with Crippen LogP contribution >= 0.6 is 11.3 Å². The monoisotopic (exact) mass is 477 g/mol. The topological polar surface area (TPSA) is 134 Å². The van der Waals surface area contributed by atoms with Gasteiger partial charge < -0.3 is 21.1 Å². The summed E-state index contributed by atoms with van der Waals surface area (Å²) in [6, 6.07) is 13.9. The maximum absolute atomic E-state index is 12.6. The number of aromatic amines is 1. The molecule has 0 spiro atoms. The van der Waals surface area contributed by atoms with Gasteiger partial charge in [-0.15, -0.1) is 11.3 Å². The summed E-state index contributed by atoms with van der Waals surface area (Å²) in [6.45, 7) is 0.305. The molecule has 0 bridgehead atoms. The van der Waals surface area contributed by atoms with Crippen LogP contribution in [0.25, 0.3) is 21.6 Å². The summed E-state index contributed by atoms with van der Waals surface area (Å²) in [5.74, 6) is -2.35. The third-order valence-electron chi connectivity index (χ3n) is 4.40. The second-order valence-corrected chi connectivity index (χ2v) is 7.51. The molecule has 8 nitrogen and oxygen atoms in total. The summed E-state index contributed by atoms with van der Waals surface area (Å²) in [5, 5.41) is 14.8. The Labute approximate surface area is 189 Å². The van der Waals surface area contributed by atoms with Crippen molar-refractivity contribution in [1.82, 2.24) is 20.3 Å². The molecular formula is C21H18F3N5O3S. The lowest BCUT2D eigenvalue weighted by molar-refractivity contribution is -0.192. The van der Waals surface area contributed by atoms with E-state index in [1.807, 2.05) is 30.3 Å². The Kier molecular flexibility index (Phi) is 7.41. The molecule has 2 heterocycles. The van der Waals surface area contributed by atoms with E-state index in [2.05, 4.69) is 32.4 Å². The average molecular weight is 477 g/mol. The molecule has 0 saturated heterocycles. The standard InChI is InChI=1S/C19H17N5OS.C2HF3O2/c20-10-15(14-6-5-12-3-1-2-4-13(12)9-14)23-18(25)16-11-26-19(24-16)17-21-7-8-22-17;3-2(4,5)1(6)7/h1-9,11,15H,10,20H2,(H,21,22)(H,23,25);(H,6,7). The number of hydrogen-bond donors (Lipinski definition) is 4. The Morgan fingerprint density at radius 1 is 1.18 bits per heavy atom. The summed E-state index contributed by atoms with van der Waals surface area (Å²) in [7, 11) is 0. The van der Waals surface area contributed by atoms with Crippen LogP contribution in [0.3, 0.4) is 0 Å². The molecule has 2 aromatic carbocycles. The summed E-state index contributed by atoms with van der Waals surface area (Å²) in [4.78, 5) is 33.0. The van der Waals surface area contributed by atoms with Gasteiger partial charge in [-0.1, -0.05) is 36.4 Å². The third-order valence-corrected chi connectivity index (χ3v) is 5.25. The number of H-pyrrole nitrogens is 1. The highest BCUT2D eigenvalue weighted by Gasteiger charge is 2.38. The van der Waals surface area contributed by atoms with Crippen LogP contribution in [0.4, 0.5) is 13.2 Å². The van der Waals surface area contributed by atoms with Gasteiger partial charge in [-0.3, -0.25) is 4.79 Å². The molecular weight excluding hydrogens is 459 g/mol. The smallest absolute Gasteiger partial charge is 0.475 e. The zero-order chi connectivity index (χ0) is 24.0. The van der Waals surface area contributed by atoms with Gasteiger partial charge in [0.05, 0.1) is 6.04 Å². The molecule has 0 aliphatic heterocycles. The lowest BCUT2D eigenvalue weighted by Gasteiger charge is -2.17. The van der Waals surface area contributed by atoms with E-state index in [1.54, 1.807) is 17.8 Å². The van der Waals surface area contributed by atoms with Crippen LogP contribution in [0.1, 0.15) is 22.1 Å². The highest BCUT2D eigenvalue weighted by atomic mass is 32.1. The van der Waals surface area contributed by atoms with E-state index in [-0.39, 0.29) is 11.9 Å². The highest BCUT2D eigenvalue weighted by molar-refractivity contribution is 7.13. The quantitative estimate of drug-likeness (QED) is 0.346. The van der Waals surface area contributed by atoms with Crippen molar-refractivity contribution in [3.05, 3.63) is 71.5 Å². The second-order valence-electron chi connectivity index (χ2n) is 6.65. The van der Waals surface area contributed by atoms with Crippen LogP contribution in [0.5, 0.6) is 0 Å². The number of halogens is 3. The van der Waals surface area contributed by atoms with Crippen LogP contribution in [0, 0.1) is 0 Å². The highest BCUT2D eigenvalue weighted by Crippen LogP contribution is 2.22. The SMILES string of the molecule is NCC(NC(=O)c1csc(-c2ncc[nH]2)n1)c1ccc2ccccc2c1.O=C(O)C(F)(F)F. The van der Waals surface area contributed by atoms with Crippen molar-refractivity contribution >= 4 is 34.0 Å². The fourth-order valence-corrected chi connectivity index (χ4v) is 3.56. The maximum Gasteiger partial charge on any atom is 0.490 e. The van der Waals surface area contributed by atoms with Crippen molar-refractivity contribution < 1.29 is 27.9 Å². The van der Waals surface area contributed by atoms with Crippen LogP contribution in [-0.2, 0) is 4.79 Å². The predicted molar refractivity (Wildman–Crippen MR) is 117 cm³/mol. The minimum absolute atomic E-state index is 0.248. The maximum atomic E-state index is 12.6. The normalized spacial score (nSPS) is 12.0. The molecule has 2 aromatic heterocycles. The zero-order valence-corrected chi connectivity index (χ0v) is 17.7. The van der Waals surface area contributed by atoms with E-state index in [4.69, 9.17) is 15.6 Å². The molecule has 1 amide bonds. The fourth-order valence-electron chi connectivity index (χ4n) is 2.80. The summed E-state index contributed by atoms with van der Waals surface area (Å²) < 4.78 is 31.7. The van der Waals surface area contributed by atoms with Crippen molar-refractivity contribution in [2.45, 2.75) is 12.2 Å². The lowest BCUT2D eigenvalue weighted by atomic mass is 10.0. The molecule has 1 unspecified atom stereocenters. The number of benzene rings is 2. The Balaban J connectivity index is 0.000000383. The van der Waals surface area contributed by atoms with Crippen LogP contribution in [-0.4, -0.2) is 44.7 Å². The first-order valence-corrected chi connectivity index (χ1v) is 10.3. The van der Waals surface area contributed by atoms with Gasteiger partial charge in [0.1, 0.15) is 5.69 Å². The van der Waals surface area contributed by atoms with Gasteiger partial charge in [0.25, 0.3) is 5.91 Å². The number of hydrogen-bond acceptors (Lipinski definition) is 6. The van der Waals surface area contributed by atoms with Crippen molar-refractivity contribution in [2.75, 3.05) is 6.54 Å². The fraction of sp³-hybridized carbons (Fsp3) is 0.143. The second kappa shape index (κ2) is 10.2. The number of nitrogens with two attached hydrogens (primary N) is 1. The minimum atomic E-state index is -5.08. The number of rotatable bonds is 5. The number of aromatic nitrogens is 3. The van der Waals surface area contributed by atoms with Gasteiger partial charge in [0, 0.05) is 24.3 Å². The molecule has 0 aliphatic rings. The number of nitrogens with one attached hydrogen (secondary N) is 2. The molecule has 4 rings (SSSR count). The first-order chi connectivity index (χ1) is 15.7. The summed E-state index contributed by atoms with van der Waals surface area (Å²) in [6.07, 6.45) is -1.71. The molecule has 4 aromatic rings. The molecule has 12 heteroatoms. The van der Waals surface area contributed by atoms with Gasteiger partial charge in [0.15, 0.2) is 10.8 Å². The van der Waals surface area contributed by atoms with Crippen LogP contribution in [0.15, 0.2) is 60.2 Å². The first kappa shape index (κ1) is 23.9. The Morgan fingerprint density at radius 2 is 1.88 bits per heavy atom. The first-order valence-electron chi connectivity index (χ1n) is 9.44. The largest absolute Gasteiger partial charge is 0.490 e. The average Bonchev–Trinajstić information content (AvgIpc) is 3.49. The van der Waals surface area contributed by atoms with Gasteiger partial charge in [-0.2, -0.15) is 13.2 Å². The van der Waals surface area contributed by atoms with E-state index in [0.717, 1.165) is 16.3 Å². The zero-order valence-electron chi connectivity index (χ0n) is 16.8. The number of carboxylic acids is 1. The van der Waals surface area contributed by atoms with Crippen LogP contribution < -0.4 is 11.1 Å². The van der Waals surface area contributed by atoms with Gasteiger partial charge in [-0.25, -0.2) is 14.8 Å². The van der Waals surface area contributed by atoms with E-state index in [1.165, 1.54) is 11.3 Å². The van der Waals surface area contributed by atoms with E-state index in [0.29, 0.717) is 23.1 Å². The summed E-state index contributed by atoms with van der Waals surface area (Å²) >= 11 is 1.37. The lowest BCUT2D eigenvalue weighted by Crippen LogP contribution is -2.33. The molecule has 0 fully saturated rings. The van der Waals surface area contributed by atoms with Crippen molar-refractivity contribution in [3.8, 4) is 10.8 Å². The van der Waals surface area contributed by atoms with Gasteiger partial charge in [-0.05, 0) is 22.4 Å². The number of fused-ring (bicyclic) bond motifs is 1. The number of thiazole rings is 1. The Morgan fingerprint density at radius 3 is 2.48 bits per heavy atom. The van der Waals surface area contributed by atoms with Crippen molar-refractivity contribution in [2.24, 2.45) is 5.73 Å². The molecule has 0 saturated carbocycles. The molecule has 172 valence electrons. The molecule has 1 atom stereocenters. The number of carbonyl (C=O) groups is 2. The Bertz CT molecular complexity index is 1240. The van der Waals surface area contributed by atoms with Crippen molar-refractivity contribution in [3.63, 3.8) is 0 Å². The molecule has 33 heavy (non-hydrogen) atoms. The van der Waals surface area contributed by atoms with E-state index in [9.17, 15) is 18.0 Å². The minimum Gasteiger partial charge on any atom is -0.475 e. The number of amides is 1. The van der Waals surface area contributed by atoms with E-state index < -0.39 is 12.1 Å². The van der Waals surface area contributed by atoms with E-state index >= 15 is 0 Å². The van der Waals surface area contributed by atoms with Gasteiger partial charge >= 0.3 is 12.1 Å². The van der Waals surface area contributed by atoms with Gasteiger partial charge in [0.2, 0.25) is 0 Å². The third kappa shape index (κ3) is 6.14. The summed E-state index contributed by atoms with van der Waals surface area (Å²) in [5.41, 5.74) is 7.24. The number of nitrogens with zero attached hydrogens (tertiary/aromatic N) is 2. The number of alkyl halides is 3.